The van der Waals surface area contributed by atoms with E-state index < -0.39 is 35.2 Å². The van der Waals surface area contributed by atoms with Crippen molar-refractivity contribution >= 4 is 81.0 Å². The summed E-state index contributed by atoms with van der Waals surface area (Å²) in [5, 5.41) is 11.4. The zero-order valence-corrected chi connectivity index (χ0v) is 23.2. The number of hydrogen-bond acceptors (Lipinski definition) is 16. The summed E-state index contributed by atoms with van der Waals surface area (Å²) >= 11 is 5.17. The molecule has 2 atom stereocenters. The van der Waals surface area contributed by atoms with Crippen molar-refractivity contribution in [2.24, 2.45) is 5.16 Å². The van der Waals surface area contributed by atoms with Gasteiger partial charge < -0.3 is 25.4 Å². The second-order valence-electron chi connectivity index (χ2n) is 7.51. The summed E-state index contributed by atoms with van der Waals surface area (Å²) in [5.41, 5.74) is 6.53. The first-order valence-electron chi connectivity index (χ1n) is 10.8. The number of nitrogen functional groups attached to an aromatic ring is 1. The molecule has 4 rings (SSSR count). The van der Waals surface area contributed by atoms with Crippen LogP contribution in [-0.2, 0) is 33.5 Å². The average molecular weight is 600 g/mol. The molecule has 2 aromatic rings. The Labute approximate surface area is 232 Å². The van der Waals surface area contributed by atoms with Gasteiger partial charge in [0.15, 0.2) is 10.8 Å². The Hall–Kier alpha value is -3.22. The van der Waals surface area contributed by atoms with Gasteiger partial charge in [-0.05, 0) is 17.1 Å². The number of esters is 2. The van der Waals surface area contributed by atoms with Crippen LogP contribution in [0.25, 0.3) is 0 Å². The molecule has 0 aliphatic carbocycles. The maximum Gasteiger partial charge on any atom is 0.355 e. The lowest BCUT2D eigenvalue weighted by Crippen LogP contribution is -2.71. The quantitative estimate of drug-likeness (QED) is 0.0907. The molecule has 0 radical (unpaired) electrons. The van der Waals surface area contributed by atoms with Gasteiger partial charge in [0.2, 0.25) is 0 Å². The van der Waals surface area contributed by atoms with E-state index in [2.05, 4.69) is 25.0 Å². The normalized spacial score (nSPS) is 18.9. The van der Waals surface area contributed by atoms with Gasteiger partial charge in [-0.2, -0.15) is 0 Å². The minimum absolute atomic E-state index is 0.107. The van der Waals surface area contributed by atoms with Crippen molar-refractivity contribution in [2.45, 2.75) is 22.5 Å². The number of carbonyl (C=O) groups excluding carboxylic acids is 4. The molecule has 0 unspecified atom stereocenters. The number of hydrogen-bond donors (Lipinski definition) is 2. The predicted molar refractivity (Wildman–Crippen MR) is 140 cm³/mol. The Morgan fingerprint density at radius 3 is 2.76 bits per heavy atom. The molecule has 3 N–H and O–H groups in total. The topological polar surface area (TPSA) is 188 Å². The van der Waals surface area contributed by atoms with E-state index in [9.17, 15) is 19.2 Å². The monoisotopic (exact) mass is 599 g/mol. The number of β-lactam (4-membered cyclic amide) rings is 1. The van der Waals surface area contributed by atoms with Crippen LogP contribution in [0, 0.1) is 0 Å². The molecule has 0 spiro atoms. The fraction of sp³-hybridized carbons (Fsp3) is 0.400. The number of nitrogens with two attached hydrogens (primary N) is 1. The smallest absolute Gasteiger partial charge is 0.355 e. The summed E-state index contributed by atoms with van der Waals surface area (Å²) < 4.78 is 14.8. The van der Waals surface area contributed by atoms with Crippen molar-refractivity contribution in [3.8, 4) is 0 Å². The SMILES string of the molecule is CO/N=C(\C(=O)N[C@@H]1C(=O)N2C(C(=O)OCCOC(C)=O)=C(CSc3cnns3)CS[C@@H]12)c1csc(N)n1. The van der Waals surface area contributed by atoms with Crippen LogP contribution in [0.2, 0.25) is 0 Å². The van der Waals surface area contributed by atoms with Crippen LogP contribution in [0.5, 0.6) is 0 Å². The second kappa shape index (κ2) is 12.5. The Kier molecular flexibility index (Phi) is 9.18. The molecule has 1 saturated heterocycles. The fourth-order valence-electron chi connectivity index (χ4n) is 3.45. The van der Waals surface area contributed by atoms with Gasteiger partial charge in [0.1, 0.15) is 47.3 Å². The van der Waals surface area contributed by atoms with Gasteiger partial charge in [-0.1, -0.05) is 9.64 Å². The van der Waals surface area contributed by atoms with E-state index in [1.807, 2.05) is 0 Å². The molecule has 18 heteroatoms. The number of ether oxygens (including phenoxy) is 2. The largest absolute Gasteiger partial charge is 0.462 e. The number of nitrogens with zero attached hydrogens (tertiary/aromatic N) is 5. The summed E-state index contributed by atoms with van der Waals surface area (Å²) in [6.45, 7) is 0.962. The number of thioether (sulfide) groups is 2. The summed E-state index contributed by atoms with van der Waals surface area (Å²) in [7, 11) is 1.28. The first-order valence-corrected chi connectivity index (χ1v) is 14.5. The van der Waals surface area contributed by atoms with Crippen molar-refractivity contribution in [1.29, 1.82) is 0 Å². The van der Waals surface area contributed by atoms with E-state index in [0.717, 1.165) is 15.5 Å². The Balaban J connectivity index is 1.50. The van der Waals surface area contributed by atoms with Gasteiger partial charge in [0, 0.05) is 23.8 Å². The van der Waals surface area contributed by atoms with Gasteiger partial charge in [-0.25, -0.2) is 9.78 Å². The number of oxime groups is 1. The molecule has 0 saturated carbocycles. The number of fused-ring (bicyclic) bond motifs is 1. The number of rotatable bonds is 11. The lowest BCUT2D eigenvalue weighted by atomic mass is 10.0. The molecule has 1 fully saturated rings. The van der Waals surface area contributed by atoms with Crippen molar-refractivity contribution in [1.82, 2.24) is 24.8 Å². The Morgan fingerprint density at radius 1 is 1.32 bits per heavy atom. The molecule has 2 aliphatic heterocycles. The molecule has 4 heterocycles. The van der Waals surface area contributed by atoms with Crippen LogP contribution in [0.1, 0.15) is 12.6 Å². The minimum atomic E-state index is -0.922. The maximum atomic E-state index is 13.2. The van der Waals surface area contributed by atoms with Gasteiger partial charge >= 0.3 is 11.9 Å². The molecule has 14 nitrogen and oxygen atoms in total. The minimum Gasteiger partial charge on any atom is -0.462 e. The van der Waals surface area contributed by atoms with Crippen molar-refractivity contribution in [3.05, 3.63) is 28.5 Å². The van der Waals surface area contributed by atoms with E-state index in [-0.39, 0.29) is 35.4 Å². The molecule has 38 heavy (non-hydrogen) atoms. The number of anilines is 1. The lowest BCUT2D eigenvalue weighted by Gasteiger charge is -2.49. The molecule has 2 aliphatic rings. The molecule has 202 valence electrons. The lowest BCUT2D eigenvalue weighted by molar-refractivity contribution is -0.154. The number of thiazole rings is 1. The van der Waals surface area contributed by atoms with Crippen LogP contribution < -0.4 is 11.1 Å². The molecular formula is C20H21N7O7S4. The number of nitrogens with one attached hydrogen (secondary N) is 1. The molecule has 2 amide bonds. The summed E-state index contributed by atoms with van der Waals surface area (Å²) in [6, 6.07) is -0.922. The second-order valence-corrected chi connectivity index (χ2v) is 11.6. The molecule has 0 aromatic carbocycles. The predicted octanol–water partition coefficient (Wildman–Crippen LogP) is 0.480. The summed E-state index contributed by atoms with van der Waals surface area (Å²) in [4.78, 5) is 60.4. The van der Waals surface area contributed by atoms with Crippen molar-refractivity contribution < 1.29 is 33.5 Å². The highest BCUT2D eigenvalue weighted by molar-refractivity contribution is 8.01. The zero-order chi connectivity index (χ0) is 27.2. The van der Waals surface area contributed by atoms with Crippen LogP contribution in [-0.4, -0.2) is 92.2 Å². The van der Waals surface area contributed by atoms with E-state index >= 15 is 0 Å². The van der Waals surface area contributed by atoms with Crippen LogP contribution >= 0.6 is 46.4 Å². The standard InChI is InChI=1S/C20H21N7O7S4/c1-9(28)33-3-4-34-19(31)15-10(6-35-12-5-22-26-38-12)7-36-18-14(17(30)27(15)18)24-16(29)13(25-32-2)11-8-37-20(21)23-11/h5,8,14,18H,3-4,6-7H2,1-2H3,(H2,21,23)(H,24,29)/b25-13-/t14-,18+/m1/s1. The third-order valence-corrected chi connectivity index (χ3v) is 8.98. The number of amides is 2. The zero-order valence-electron chi connectivity index (χ0n) is 19.9. The van der Waals surface area contributed by atoms with Crippen LogP contribution in [0.4, 0.5) is 5.13 Å². The summed E-state index contributed by atoms with van der Waals surface area (Å²) in [5.74, 6) is -1.58. The Bertz CT molecular complexity index is 1280. The van der Waals surface area contributed by atoms with E-state index in [4.69, 9.17) is 20.0 Å². The fourth-order valence-corrected chi connectivity index (χ4v) is 6.91. The van der Waals surface area contributed by atoms with E-state index in [0.29, 0.717) is 17.1 Å². The first-order chi connectivity index (χ1) is 18.3. The average Bonchev–Trinajstić information content (AvgIpc) is 3.57. The number of aromatic nitrogens is 3. The maximum absolute atomic E-state index is 13.2. The molecule has 2 aromatic heterocycles. The van der Waals surface area contributed by atoms with Crippen LogP contribution in [0.3, 0.4) is 0 Å². The van der Waals surface area contributed by atoms with E-state index in [1.54, 1.807) is 11.6 Å². The Morgan fingerprint density at radius 2 is 2.11 bits per heavy atom. The van der Waals surface area contributed by atoms with Gasteiger partial charge in [0.25, 0.3) is 11.8 Å². The third-order valence-electron chi connectivity index (χ3n) is 5.04. The first kappa shape index (κ1) is 27.8. The number of carbonyl (C=O) groups is 4. The van der Waals surface area contributed by atoms with Crippen molar-refractivity contribution in [3.63, 3.8) is 0 Å². The van der Waals surface area contributed by atoms with E-state index in [1.165, 1.54) is 54.0 Å². The molecular weight excluding hydrogens is 579 g/mol. The highest BCUT2D eigenvalue weighted by Crippen LogP contribution is 2.42. The molecule has 0 bridgehead atoms. The highest BCUT2D eigenvalue weighted by atomic mass is 32.2. The van der Waals surface area contributed by atoms with Crippen LogP contribution in [0.15, 0.2) is 32.2 Å². The van der Waals surface area contributed by atoms with Gasteiger partial charge in [-0.15, -0.1) is 40.0 Å². The van der Waals surface area contributed by atoms with Gasteiger partial charge in [-0.3, -0.25) is 19.3 Å². The third kappa shape index (κ3) is 6.25. The van der Waals surface area contributed by atoms with Gasteiger partial charge in [0.05, 0.1) is 6.20 Å². The highest BCUT2D eigenvalue weighted by Gasteiger charge is 2.54. The summed E-state index contributed by atoms with van der Waals surface area (Å²) in [6.07, 6.45) is 1.61. The van der Waals surface area contributed by atoms with Crippen molar-refractivity contribution in [2.75, 3.05) is 37.6 Å².